The molecule has 8 heteroatoms. The lowest BCUT2D eigenvalue weighted by atomic mass is 9.97. The van der Waals surface area contributed by atoms with Gasteiger partial charge in [-0.2, -0.15) is 0 Å². The van der Waals surface area contributed by atoms with E-state index in [1.54, 1.807) is 12.4 Å². The van der Waals surface area contributed by atoms with E-state index in [-0.39, 0.29) is 18.1 Å². The number of amides is 1. The van der Waals surface area contributed by atoms with Gasteiger partial charge in [0.25, 0.3) is 0 Å². The molecule has 0 unspecified atom stereocenters. The molecule has 31 heavy (non-hydrogen) atoms. The molecule has 0 bridgehead atoms. The Bertz CT molecular complexity index is 1190. The Morgan fingerprint density at radius 3 is 2.90 bits per heavy atom. The largest absolute Gasteiger partial charge is 0.354 e. The zero-order chi connectivity index (χ0) is 21.8. The van der Waals surface area contributed by atoms with Crippen LogP contribution in [0.3, 0.4) is 0 Å². The van der Waals surface area contributed by atoms with Crippen LogP contribution in [0.2, 0.25) is 0 Å². The minimum Gasteiger partial charge on any atom is -0.354 e. The average molecular weight is 438 g/mol. The molecule has 1 aromatic carbocycles. The van der Waals surface area contributed by atoms with Gasteiger partial charge in [-0.3, -0.25) is 4.79 Å². The van der Waals surface area contributed by atoms with Crippen molar-refractivity contribution in [3.8, 4) is 0 Å². The first-order chi connectivity index (χ1) is 15.0. The molecule has 4 rings (SSSR count). The summed E-state index contributed by atoms with van der Waals surface area (Å²) in [6.07, 6.45) is 11.1. The first kappa shape index (κ1) is 21.4. The second kappa shape index (κ2) is 9.51. The average Bonchev–Trinajstić information content (AvgIpc) is 3.07. The molecule has 1 N–H and O–H groups in total. The topological polar surface area (TPSA) is 81.3 Å². The highest BCUT2D eigenvalue weighted by molar-refractivity contribution is 7.99. The van der Waals surface area contributed by atoms with Crippen molar-refractivity contribution >= 4 is 23.3 Å². The standard InChI is InChI=1S/C23H27N5O2S/c1-16-8-9-19(17(2)14-16)31-22-21-26-28(23(30)27(21)13-12-25-22)15-20(29)24-11-10-18-6-4-3-5-7-18/h6,8-9,12-14H,3-5,7,10-11,15H2,1-2H3,(H,24,29). The Morgan fingerprint density at radius 2 is 2.13 bits per heavy atom. The third-order valence-electron chi connectivity index (χ3n) is 5.45. The first-order valence-corrected chi connectivity index (χ1v) is 11.5. The monoisotopic (exact) mass is 437 g/mol. The van der Waals surface area contributed by atoms with E-state index in [0.717, 1.165) is 29.7 Å². The number of allylic oxidation sites excluding steroid dienone is 1. The second-order valence-corrected chi connectivity index (χ2v) is 8.98. The maximum atomic E-state index is 12.7. The number of carbonyl (C=O) groups excluding carboxylic acids is 1. The maximum Gasteiger partial charge on any atom is 0.350 e. The van der Waals surface area contributed by atoms with Crippen molar-refractivity contribution in [1.82, 2.24) is 24.5 Å². The summed E-state index contributed by atoms with van der Waals surface area (Å²) in [5.74, 6) is -0.210. The number of benzene rings is 1. The molecule has 0 spiro atoms. The molecule has 0 aliphatic heterocycles. The number of hydrogen-bond acceptors (Lipinski definition) is 5. The summed E-state index contributed by atoms with van der Waals surface area (Å²) >= 11 is 1.47. The fourth-order valence-electron chi connectivity index (χ4n) is 3.80. The van der Waals surface area contributed by atoms with Crippen LogP contribution in [-0.2, 0) is 11.3 Å². The van der Waals surface area contributed by atoms with Gasteiger partial charge in [-0.1, -0.05) is 41.1 Å². The Balaban J connectivity index is 1.47. The molecular weight excluding hydrogens is 410 g/mol. The summed E-state index contributed by atoms with van der Waals surface area (Å²) in [5.41, 5.74) is 3.86. The van der Waals surface area contributed by atoms with Gasteiger partial charge in [-0.25, -0.2) is 18.9 Å². The van der Waals surface area contributed by atoms with Gasteiger partial charge in [0.2, 0.25) is 5.91 Å². The number of hydrogen-bond donors (Lipinski definition) is 1. The normalized spacial score (nSPS) is 13.9. The maximum absolute atomic E-state index is 12.7. The molecule has 1 aliphatic carbocycles. The number of fused-ring (bicyclic) bond motifs is 1. The van der Waals surface area contributed by atoms with Crippen LogP contribution in [0.1, 0.15) is 43.2 Å². The quantitative estimate of drug-likeness (QED) is 0.571. The van der Waals surface area contributed by atoms with Crippen LogP contribution in [0, 0.1) is 13.8 Å². The lowest BCUT2D eigenvalue weighted by Crippen LogP contribution is -2.33. The van der Waals surface area contributed by atoms with Gasteiger partial charge >= 0.3 is 5.69 Å². The molecule has 2 aromatic heterocycles. The van der Waals surface area contributed by atoms with E-state index in [1.807, 2.05) is 19.1 Å². The smallest absolute Gasteiger partial charge is 0.350 e. The van der Waals surface area contributed by atoms with E-state index in [9.17, 15) is 9.59 Å². The van der Waals surface area contributed by atoms with Crippen molar-refractivity contribution in [2.24, 2.45) is 0 Å². The minimum atomic E-state index is -0.343. The Morgan fingerprint density at radius 1 is 1.26 bits per heavy atom. The van der Waals surface area contributed by atoms with E-state index < -0.39 is 0 Å². The number of carbonyl (C=O) groups is 1. The van der Waals surface area contributed by atoms with Crippen molar-refractivity contribution in [2.75, 3.05) is 6.54 Å². The number of aromatic nitrogens is 4. The lowest BCUT2D eigenvalue weighted by molar-refractivity contribution is -0.121. The number of nitrogens with one attached hydrogen (secondary N) is 1. The highest BCUT2D eigenvalue weighted by Gasteiger charge is 2.15. The van der Waals surface area contributed by atoms with Crippen molar-refractivity contribution in [3.63, 3.8) is 0 Å². The molecule has 2 heterocycles. The molecule has 3 aromatic rings. The predicted molar refractivity (Wildman–Crippen MR) is 121 cm³/mol. The molecule has 0 atom stereocenters. The summed E-state index contributed by atoms with van der Waals surface area (Å²) in [6, 6.07) is 6.21. The third-order valence-corrected chi connectivity index (χ3v) is 6.61. The van der Waals surface area contributed by atoms with E-state index in [0.29, 0.717) is 17.2 Å². The van der Waals surface area contributed by atoms with Gasteiger partial charge in [0.1, 0.15) is 11.6 Å². The van der Waals surface area contributed by atoms with Crippen molar-refractivity contribution in [3.05, 3.63) is 63.9 Å². The summed E-state index contributed by atoms with van der Waals surface area (Å²) in [6.45, 7) is 4.59. The Labute approximate surface area is 185 Å². The molecule has 1 aliphatic rings. The van der Waals surface area contributed by atoms with Gasteiger partial charge in [-0.15, -0.1) is 5.10 Å². The van der Waals surface area contributed by atoms with Crippen molar-refractivity contribution in [1.29, 1.82) is 0 Å². The van der Waals surface area contributed by atoms with Crippen LogP contribution < -0.4 is 11.0 Å². The molecule has 7 nitrogen and oxygen atoms in total. The number of nitrogens with zero attached hydrogens (tertiary/aromatic N) is 4. The van der Waals surface area contributed by atoms with Crippen molar-refractivity contribution < 1.29 is 4.79 Å². The number of aryl methyl sites for hydroxylation is 2. The van der Waals surface area contributed by atoms with Crippen molar-refractivity contribution in [2.45, 2.75) is 62.4 Å². The van der Waals surface area contributed by atoms with E-state index in [4.69, 9.17) is 0 Å². The number of rotatable bonds is 7. The van der Waals surface area contributed by atoms with Crippen LogP contribution in [0.4, 0.5) is 0 Å². The fraction of sp³-hybridized carbons (Fsp3) is 0.391. The highest BCUT2D eigenvalue weighted by Crippen LogP contribution is 2.31. The lowest BCUT2D eigenvalue weighted by Gasteiger charge is -2.12. The van der Waals surface area contributed by atoms with Crippen LogP contribution in [-0.4, -0.2) is 31.6 Å². The van der Waals surface area contributed by atoms with Crippen LogP contribution in [0.5, 0.6) is 0 Å². The Kier molecular flexibility index (Phi) is 6.56. The molecular formula is C23H27N5O2S. The summed E-state index contributed by atoms with van der Waals surface area (Å²) in [7, 11) is 0. The van der Waals surface area contributed by atoms with Gasteiger partial charge in [0.15, 0.2) is 5.65 Å². The molecule has 0 fully saturated rings. The van der Waals surface area contributed by atoms with E-state index in [2.05, 4.69) is 34.5 Å². The van der Waals surface area contributed by atoms with Crippen LogP contribution in [0.25, 0.3) is 5.65 Å². The van der Waals surface area contributed by atoms with Crippen LogP contribution >= 0.6 is 11.8 Å². The van der Waals surface area contributed by atoms with Gasteiger partial charge in [-0.05, 0) is 57.6 Å². The first-order valence-electron chi connectivity index (χ1n) is 10.6. The summed E-state index contributed by atoms with van der Waals surface area (Å²) in [4.78, 5) is 30.6. The molecule has 0 saturated heterocycles. The van der Waals surface area contributed by atoms with E-state index in [1.165, 1.54) is 44.8 Å². The highest BCUT2D eigenvalue weighted by atomic mass is 32.2. The zero-order valence-electron chi connectivity index (χ0n) is 17.9. The third kappa shape index (κ3) is 5.07. The van der Waals surface area contributed by atoms with Crippen LogP contribution in [0.15, 0.2) is 57.0 Å². The predicted octanol–water partition coefficient (Wildman–Crippen LogP) is 3.67. The zero-order valence-corrected chi connectivity index (χ0v) is 18.7. The van der Waals surface area contributed by atoms with Gasteiger partial charge in [0, 0.05) is 23.8 Å². The molecule has 0 radical (unpaired) electrons. The van der Waals surface area contributed by atoms with E-state index >= 15 is 0 Å². The fourth-order valence-corrected chi connectivity index (χ4v) is 4.71. The molecule has 162 valence electrons. The molecule has 0 saturated carbocycles. The minimum absolute atomic E-state index is 0.104. The molecule has 1 amide bonds. The summed E-state index contributed by atoms with van der Waals surface area (Å²) < 4.78 is 2.65. The van der Waals surface area contributed by atoms with Gasteiger partial charge in [0.05, 0.1) is 0 Å². The van der Waals surface area contributed by atoms with Gasteiger partial charge < -0.3 is 5.32 Å². The summed E-state index contributed by atoms with van der Waals surface area (Å²) in [5, 5.41) is 7.95. The second-order valence-electron chi connectivity index (χ2n) is 7.95. The Hall–Kier alpha value is -2.87. The SMILES string of the molecule is Cc1ccc(Sc2nccn3c(=O)n(CC(=O)NCCC4=CCCCC4)nc23)c(C)c1.